The summed E-state index contributed by atoms with van der Waals surface area (Å²) in [6.07, 6.45) is 0.222. The summed E-state index contributed by atoms with van der Waals surface area (Å²) < 4.78 is 5.47. The summed E-state index contributed by atoms with van der Waals surface area (Å²) in [5.74, 6) is -0.183. The lowest BCUT2D eigenvalue weighted by Gasteiger charge is -2.24. The number of carbonyl (C=O) groups is 2. The van der Waals surface area contributed by atoms with Crippen molar-refractivity contribution >= 4 is 17.6 Å². The predicted octanol–water partition coefficient (Wildman–Crippen LogP) is 2.37. The summed E-state index contributed by atoms with van der Waals surface area (Å²) >= 11 is 0. The second kappa shape index (κ2) is 5.30. The van der Waals surface area contributed by atoms with Crippen molar-refractivity contribution < 1.29 is 19.4 Å². The van der Waals surface area contributed by atoms with Gasteiger partial charge in [0.2, 0.25) is 0 Å². The Bertz CT molecular complexity index is 512. The van der Waals surface area contributed by atoms with Crippen LogP contribution in [0.5, 0.6) is 5.75 Å². The van der Waals surface area contributed by atoms with E-state index in [1.807, 2.05) is 25.1 Å². The van der Waals surface area contributed by atoms with Crippen LogP contribution in [0.3, 0.4) is 0 Å². The van der Waals surface area contributed by atoms with E-state index in [9.17, 15) is 9.59 Å². The molecule has 2 atom stereocenters. The summed E-state index contributed by atoms with van der Waals surface area (Å²) in [5, 5.41) is 11.5. The topological polar surface area (TPSA) is 75.6 Å². The van der Waals surface area contributed by atoms with E-state index in [0.717, 1.165) is 5.56 Å². The van der Waals surface area contributed by atoms with Crippen molar-refractivity contribution in [2.24, 2.45) is 0 Å². The van der Waals surface area contributed by atoms with Gasteiger partial charge in [-0.3, -0.25) is 9.59 Å². The van der Waals surface area contributed by atoms with Gasteiger partial charge in [0.05, 0.1) is 5.69 Å². The van der Waals surface area contributed by atoms with Crippen molar-refractivity contribution in [1.82, 2.24) is 0 Å². The third-order valence-corrected chi connectivity index (χ3v) is 3.29. The van der Waals surface area contributed by atoms with Crippen LogP contribution in [0, 0.1) is 0 Å². The van der Waals surface area contributed by atoms with E-state index in [-0.39, 0.29) is 18.2 Å². The second-order valence-corrected chi connectivity index (χ2v) is 4.84. The van der Waals surface area contributed by atoms with Crippen molar-refractivity contribution in [3.63, 3.8) is 0 Å². The molecule has 1 aromatic rings. The molecule has 1 aromatic carbocycles. The molecule has 102 valence electrons. The monoisotopic (exact) mass is 263 g/mol. The molecule has 0 aliphatic carbocycles. The van der Waals surface area contributed by atoms with Gasteiger partial charge in [-0.15, -0.1) is 0 Å². The first-order valence-corrected chi connectivity index (χ1v) is 6.30. The minimum atomic E-state index is -0.796. The molecule has 5 nitrogen and oxygen atoms in total. The number of hydrogen-bond acceptors (Lipinski definition) is 3. The van der Waals surface area contributed by atoms with Crippen LogP contribution in [0.15, 0.2) is 18.2 Å². The Hall–Kier alpha value is -2.04. The van der Waals surface area contributed by atoms with Crippen LogP contribution < -0.4 is 10.1 Å². The highest BCUT2D eigenvalue weighted by Crippen LogP contribution is 2.33. The van der Waals surface area contributed by atoms with Gasteiger partial charge in [0, 0.05) is 6.42 Å². The Kier molecular flexibility index (Phi) is 3.74. The normalized spacial score (nSPS) is 19.1. The van der Waals surface area contributed by atoms with Crippen LogP contribution in [0.1, 0.15) is 38.2 Å². The number of nitrogens with one attached hydrogen (secondary N) is 1. The zero-order valence-corrected chi connectivity index (χ0v) is 11.0. The van der Waals surface area contributed by atoms with Gasteiger partial charge in [0.15, 0.2) is 6.10 Å². The molecule has 2 N–H and O–H groups in total. The summed E-state index contributed by atoms with van der Waals surface area (Å²) in [6, 6.07) is 5.58. The molecule has 0 spiro atoms. The van der Waals surface area contributed by atoms with Gasteiger partial charge in [-0.1, -0.05) is 13.0 Å². The largest absolute Gasteiger partial charge is 0.481 e. The highest BCUT2D eigenvalue weighted by atomic mass is 16.5. The lowest BCUT2D eigenvalue weighted by atomic mass is 9.95. The van der Waals surface area contributed by atoms with Crippen LogP contribution in [0.2, 0.25) is 0 Å². The number of fused-ring (bicyclic) bond motifs is 1. The Morgan fingerprint density at radius 2 is 2.26 bits per heavy atom. The molecule has 2 unspecified atom stereocenters. The fourth-order valence-corrected chi connectivity index (χ4v) is 2.04. The van der Waals surface area contributed by atoms with Crippen molar-refractivity contribution in [3.8, 4) is 5.75 Å². The summed E-state index contributed by atoms with van der Waals surface area (Å²) in [7, 11) is 0. The SMILES string of the molecule is CC1Oc2ccc(C(C)CCC(=O)O)cc2NC1=O. The third-order valence-electron chi connectivity index (χ3n) is 3.29. The maximum absolute atomic E-state index is 11.5. The molecule has 1 aliphatic heterocycles. The number of aliphatic carboxylic acids is 1. The molecule has 19 heavy (non-hydrogen) atoms. The van der Waals surface area contributed by atoms with Crippen molar-refractivity contribution in [3.05, 3.63) is 23.8 Å². The third kappa shape index (κ3) is 3.05. The van der Waals surface area contributed by atoms with Gasteiger partial charge < -0.3 is 15.2 Å². The van der Waals surface area contributed by atoms with E-state index in [2.05, 4.69) is 5.32 Å². The van der Waals surface area contributed by atoms with Crippen LogP contribution in [-0.4, -0.2) is 23.1 Å². The Morgan fingerprint density at radius 1 is 1.53 bits per heavy atom. The Morgan fingerprint density at radius 3 is 2.95 bits per heavy atom. The number of ether oxygens (including phenoxy) is 1. The second-order valence-electron chi connectivity index (χ2n) is 4.84. The standard InChI is InChI=1S/C14H17NO4/c1-8(3-6-13(16)17)10-4-5-12-11(7-10)15-14(18)9(2)19-12/h4-5,7-9H,3,6H2,1-2H3,(H,15,18)(H,16,17). The Labute approximate surface area is 111 Å². The number of benzene rings is 1. The molecule has 1 aliphatic rings. The molecule has 0 saturated carbocycles. The van der Waals surface area contributed by atoms with E-state index in [4.69, 9.17) is 9.84 Å². The van der Waals surface area contributed by atoms with Crippen LogP contribution in [0.4, 0.5) is 5.69 Å². The lowest BCUT2D eigenvalue weighted by molar-refractivity contribution is -0.137. The first kappa shape index (κ1) is 13.4. The maximum Gasteiger partial charge on any atom is 0.303 e. The molecule has 0 aromatic heterocycles. The number of anilines is 1. The summed E-state index contributed by atoms with van der Waals surface area (Å²) in [6.45, 7) is 3.67. The first-order valence-electron chi connectivity index (χ1n) is 6.30. The highest BCUT2D eigenvalue weighted by Gasteiger charge is 2.24. The zero-order valence-electron chi connectivity index (χ0n) is 11.0. The maximum atomic E-state index is 11.5. The van der Waals surface area contributed by atoms with Crippen LogP contribution in [-0.2, 0) is 9.59 Å². The van der Waals surface area contributed by atoms with Gasteiger partial charge in [-0.2, -0.15) is 0 Å². The number of carboxylic acids is 1. The number of hydrogen-bond donors (Lipinski definition) is 2. The average Bonchev–Trinajstić information content (AvgIpc) is 2.36. The minimum absolute atomic E-state index is 0.123. The Balaban J connectivity index is 2.14. The van der Waals surface area contributed by atoms with E-state index >= 15 is 0 Å². The molecule has 0 bridgehead atoms. The number of carbonyl (C=O) groups excluding carboxylic acids is 1. The van der Waals surface area contributed by atoms with Gasteiger partial charge in [-0.05, 0) is 37.0 Å². The van der Waals surface area contributed by atoms with Gasteiger partial charge in [0.1, 0.15) is 5.75 Å². The van der Waals surface area contributed by atoms with Crippen LogP contribution in [0.25, 0.3) is 0 Å². The number of rotatable bonds is 4. The van der Waals surface area contributed by atoms with E-state index in [0.29, 0.717) is 17.9 Å². The molecule has 1 amide bonds. The van der Waals surface area contributed by atoms with E-state index in [1.54, 1.807) is 6.92 Å². The predicted molar refractivity (Wildman–Crippen MR) is 70.4 cm³/mol. The molecule has 5 heteroatoms. The number of amides is 1. The molecule has 0 fully saturated rings. The average molecular weight is 263 g/mol. The van der Waals surface area contributed by atoms with Gasteiger partial charge in [0.25, 0.3) is 5.91 Å². The summed E-state index contributed by atoms with van der Waals surface area (Å²) in [4.78, 5) is 22.1. The smallest absolute Gasteiger partial charge is 0.303 e. The molecule has 1 heterocycles. The molecular formula is C14H17NO4. The first-order chi connectivity index (χ1) is 8.97. The van der Waals surface area contributed by atoms with Crippen molar-refractivity contribution in [2.45, 2.75) is 38.7 Å². The van der Waals surface area contributed by atoms with E-state index in [1.165, 1.54) is 0 Å². The highest BCUT2D eigenvalue weighted by molar-refractivity contribution is 5.97. The number of carboxylic acid groups (broad SMARTS) is 1. The van der Waals surface area contributed by atoms with Crippen molar-refractivity contribution in [2.75, 3.05) is 5.32 Å². The van der Waals surface area contributed by atoms with Gasteiger partial charge in [-0.25, -0.2) is 0 Å². The lowest BCUT2D eigenvalue weighted by Crippen LogP contribution is -2.34. The molecule has 0 saturated heterocycles. The van der Waals surface area contributed by atoms with Gasteiger partial charge >= 0.3 is 5.97 Å². The quantitative estimate of drug-likeness (QED) is 0.874. The minimum Gasteiger partial charge on any atom is -0.481 e. The van der Waals surface area contributed by atoms with E-state index < -0.39 is 12.1 Å². The fraction of sp³-hybridized carbons (Fsp3) is 0.429. The van der Waals surface area contributed by atoms with Crippen molar-refractivity contribution in [1.29, 1.82) is 0 Å². The zero-order chi connectivity index (χ0) is 14.0. The fourth-order valence-electron chi connectivity index (χ4n) is 2.04. The molecule has 2 rings (SSSR count). The molecular weight excluding hydrogens is 246 g/mol. The molecule has 0 radical (unpaired) electrons. The van der Waals surface area contributed by atoms with Crippen LogP contribution >= 0.6 is 0 Å². The summed E-state index contributed by atoms with van der Waals surface area (Å²) in [5.41, 5.74) is 1.65.